The van der Waals surface area contributed by atoms with Crippen molar-refractivity contribution < 1.29 is 4.74 Å². The number of hydrogen-bond acceptors (Lipinski definition) is 3. The zero-order chi connectivity index (χ0) is 15.6. The molecule has 0 aliphatic heterocycles. The molecule has 0 unspecified atom stereocenters. The Morgan fingerprint density at radius 1 is 1.27 bits per heavy atom. The quantitative estimate of drug-likeness (QED) is 0.468. The number of hydrogen-bond donors (Lipinski definition) is 2. The number of benzene rings is 1. The van der Waals surface area contributed by atoms with Gasteiger partial charge >= 0.3 is 0 Å². The van der Waals surface area contributed by atoms with Crippen molar-refractivity contribution in [1.29, 1.82) is 0 Å². The second kappa shape index (κ2) is 9.10. The smallest absolute Gasteiger partial charge is 0.191 e. The van der Waals surface area contributed by atoms with Gasteiger partial charge in [-0.2, -0.15) is 11.3 Å². The van der Waals surface area contributed by atoms with Crippen LogP contribution in [0, 0.1) is 6.92 Å². The van der Waals surface area contributed by atoms with Crippen LogP contribution in [0.2, 0.25) is 0 Å². The molecular formula is C17H23N3OS. The van der Waals surface area contributed by atoms with Gasteiger partial charge in [0, 0.05) is 6.54 Å². The van der Waals surface area contributed by atoms with Crippen molar-refractivity contribution in [1.82, 2.24) is 10.6 Å². The normalized spacial score (nSPS) is 11.3. The highest BCUT2D eigenvalue weighted by Gasteiger charge is 1.98. The van der Waals surface area contributed by atoms with Crippen LogP contribution in [0.4, 0.5) is 0 Å². The summed E-state index contributed by atoms with van der Waals surface area (Å²) in [7, 11) is 0. The Kier molecular flexibility index (Phi) is 6.77. The Morgan fingerprint density at radius 3 is 2.91 bits per heavy atom. The zero-order valence-electron chi connectivity index (χ0n) is 13.1. The third-order valence-electron chi connectivity index (χ3n) is 3.00. The minimum Gasteiger partial charge on any atom is -0.492 e. The molecule has 0 saturated heterocycles. The van der Waals surface area contributed by atoms with Gasteiger partial charge < -0.3 is 15.4 Å². The molecule has 0 saturated carbocycles. The van der Waals surface area contributed by atoms with Crippen LogP contribution >= 0.6 is 11.3 Å². The van der Waals surface area contributed by atoms with Crippen LogP contribution in [0.3, 0.4) is 0 Å². The summed E-state index contributed by atoms with van der Waals surface area (Å²) in [4.78, 5) is 4.56. The minimum atomic E-state index is 0.603. The van der Waals surface area contributed by atoms with E-state index < -0.39 is 0 Å². The van der Waals surface area contributed by atoms with Gasteiger partial charge in [-0.05, 0) is 53.9 Å². The van der Waals surface area contributed by atoms with Gasteiger partial charge in [-0.25, -0.2) is 4.99 Å². The van der Waals surface area contributed by atoms with Gasteiger partial charge in [0.15, 0.2) is 5.96 Å². The van der Waals surface area contributed by atoms with Crippen molar-refractivity contribution >= 4 is 17.3 Å². The van der Waals surface area contributed by atoms with Crippen LogP contribution in [-0.2, 0) is 6.54 Å². The van der Waals surface area contributed by atoms with Crippen LogP contribution in [0.1, 0.15) is 18.1 Å². The molecule has 4 nitrogen and oxygen atoms in total. The lowest BCUT2D eigenvalue weighted by molar-refractivity contribution is 0.321. The number of guanidine groups is 1. The molecule has 1 aromatic carbocycles. The summed E-state index contributed by atoms with van der Waals surface area (Å²) in [5.74, 6) is 1.73. The fourth-order valence-corrected chi connectivity index (χ4v) is 2.60. The third kappa shape index (κ3) is 5.77. The van der Waals surface area contributed by atoms with Crippen molar-refractivity contribution in [2.75, 3.05) is 19.7 Å². The van der Waals surface area contributed by atoms with E-state index in [-0.39, 0.29) is 0 Å². The van der Waals surface area contributed by atoms with Crippen molar-refractivity contribution in [3.63, 3.8) is 0 Å². The first kappa shape index (κ1) is 16.4. The fraction of sp³-hybridized carbons (Fsp3) is 0.353. The maximum Gasteiger partial charge on any atom is 0.191 e. The van der Waals surface area contributed by atoms with Gasteiger partial charge in [0.05, 0.1) is 13.1 Å². The topological polar surface area (TPSA) is 45.7 Å². The van der Waals surface area contributed by atoms with Crippen LogP contribution in [0.25, 0.3) is 0 Å². The van der Waals surface area contributed by atoms with Crippen LogP contribution in [0.5, 0.6) is 5.75 Å². The summed E-state index contributed by atoms with van der Waals surface area (Å²) in [6.45, 7) is 6.97. The van der Waals surface area contributed by atoms with Gasteiger partial charge in [0.25, 0.3) is 0 Å². The van der Waals surface area contributed by atoms with Crippen molar-refractivity contribution in [2.24, 2.45) is 4.99 Å². The number of rotatable bonds is 7. The molecule has 2 N–H and O–H groups in total. The van der Waals surface area contributed by atoms with E-state index in [4.69, 9.17) is 4.74 Å². The lowest BCUT2D eigenvalue weighted by Crippen LogP contribution is -2.39. The number of aliphatic imine (C=N–C) groups is 1. The molecule has 0 spiro atoms. The SMILES string of the molecule is CCNC(=NCc1ccsc1)NCCOc1cccc(C)c1. The maximum atomic E-state index is 5.72. The third-order valence-corrected chi connectivity index (χ3v) is 3.73. The first-order chi connectivity index (χ1) is 10.8. The minimum absolute atomic E-state index is 0.603. The molecule has 1 aromatic heterocycles. The molecule has 0 bridgehead atoms. The second-order valence-electron chi connectivity index (χ2n) is 4.92. The molecule has 1 heterocycles. The summed E-state index contributed by atoms with van der Waals surface area (Å²) >= 11 is 1.69. The lowest BCUT2D eigenvalue weighted by Gasteiger charge is -2.12. The second-order valence-corrected chi connectivity index (χ2v) is 5.70. The van der Waals surface area contributed by atoms with Crippen LogP contribution in [0.15, 0.2) is 46.1 Å². The Balaban J connectivity index is 1.75. The summed E-state index contributed by atoms with van der Waals surface area (Å²) in [6.07, 6.45) is 0. The molecule has 0 aliphatic carbocycles. The standard InChI is InChI=1S/C17H23N3OS/c1-3-18-17(20-12-15-7-10-22-13-15)19-8-9-21-16-6-4-5-14(2)11-16/h4-7,10-11,13H,3,8-9,12H2,1-2H3,(H2,18,19,20). The average molecular weight is 317 g/mol. The van der Waals surface area contributed by atoms with E-state index in [1.807, 2.05) is 18.2 Å². The van der Waals surface area contributed by atoms with Gasteiger partial charge in [0.2, 0.25) is 0 Å². The van der Waals surface area contributed by atoms with E-state index >= 15 is 0 Å². The van der Waals surface area contributed by atoms with Crippen molar-refractivity contribution in [2.45, 2.75) is 20.4 Å². The number of aryl methyl sites for hydroxylation is 1. The first-order valence-electron chi connectivity index (χ1n) is 7.50. The predicted octanol–water partition coefficient (Wildman–Crippen LogP) is 3.19. The molecule has 0 atom stereocenters. The monoisotopic (exact) mass is 317 g/mol. The Bertz CT molecular complexity index is 581. The highest BCUT2D eigenvalue weighted by Crippen LogP contribution is 2.11. The summed E-state index contributed by atoms with van der Waals surface area (Å²) < 4.78 is 5.72. The Labute approximate surface area is 136 Å². The molecule has 118 valence electrons. The van der Waals surface area contributed by atoms with E-state index in [0.717, 1.165) is 18.3 Å². The first-order valence-corrected chi connectivity index (χ1v) is 8.45. The Morgan fingerprint density at radius 2 is 2.18 bits per heavy atom. The van der Waals surface area contributed by atoms with E-state index in [1.165, 1.54) is 11.1 Å². The fourth-order valence-electron chi connectivity index (χ4n) is 1.94. The molecule has 0 aliphatic rings. The average Bonchev–Trinajstić information content (AvgIpc) is 3.02. The molecule has 22 heavy (non-hydrogen) atoms. The van der Waals surface area contributed by atoms with E-state index in [9.17, 15) is 0 Å². The van der Waals surface area contributed by atoms with Gasteiger partial charge in [-0.3, -0.25) is 0 Å². The molecule has 2 aromatic rings. The predicted molar refractivity (Wildman–Crippen MR) is 93.8 cm³/mol. The zero-order valence-corrected chi connectivity index (χ0v) is 14.0. The van der Waals surface area contributed by atoms with Crippen molar-refractivity contribution in [3.05, 3.63) is 52.2 Å². The largest absolute Gasteiger partial charge is 0.492 e. The highest BCUT2D eigenvalue weighted by atomic mass is 32.1. The maximum absolute atomic E-state index is 5.72. The number of nitrogens with zero attached hydrogens (tertiary/aromatic N) is 1. The van der Waals surface area contributed by atoms with Crippen LogP contribution in [-0.4, -0.2) is 25.7 Å². The lowest BCUT2D eigenvalue weighted by atomic mass is 10.2. The summed E-state index contributed by atoms with van der Waals surface area (Å²) in [5.41, 5.74) is 2.44. The van der Waals surface area contributed by atoms with Crippen LogP contribution < -0.4 is 15.4 Å². The van der Waals surface area contributed by atoms with E-state index in [1.54, 1.807) is 11.3 Å². The molecule has 0 radical (unpaired) electrons. The van der Waals surface area contributed by atoms with Gasteiger partial charge in [-0.1, -0.05) is 12.1 Å². The molecule has 0 amide bonds. The summed E-state index contributed by atoms with van der Waals surface area (Å²) in [6, 6.07) is 10.2. The molecule has 0 fully saturated rings. The number of nitrogens with one attached hydrogen (secondary N) is 2. The molecular weight excluding hydrogens is 294 g/mol. The molecule has 2 rings (SSSR count). The number of thiophene rings is 1. The Hall–Kier alpha value is -2.01. The van der Waals surface area contributed by atoms with Crippen molar-refractivity contribution in [3.8, 4) is 5.75 Å². The van der Waals surface area contributed by atoms with E-state index in [2.05, 4.69) is 52.4 Å². The van der Waals surface area contributed by atoms with Gasteiger partial charge in [-0.15, -0.1) is 0 Å². The highest BCUT2D eigenvalue weighted by molar-refractivity contribution is 7.07. The molecule has 5 heteroatoms. The van der Waals surface area contributed by atoms with Gasteiger partial charge in [0.1, 0.15) is 12.4 Å². The number of ether oxygens (including phenoxy) is 1. The summed E-state index contributed by atoms with van der Waals surface area (Å²) in [5, 5.41) is 10.7. The van der Waals surface area contributed by atoms with E-state index in [0.29, 0.717) is 19.7 Å².